The van der Waals surface area contributed by atoms with E-state index in [1.54, 1.807) is 11.3 Å². The Bertz CT molecular complexity index is 864. The van der Waals surface area contributed by atoms with Gasteiger partial charge >= 0.3 is 0 Å². The molecule has 3 nitrogen and oxygen atoms in total. The predicted octanol–water partition coefficient (Wildman–Crippen LogP) is 5.19. The summed E-state index contributed by atoms with van der Waals surface area (Å²) < 4.78 is 2.20. The van der Waals surface area contributed by atoms with Gasteiger partial charge in [-0.1, -0.05) is 53.0 Å². The topological polar surface area (TPSA) is 42.0 Å². The van der Waals surface area contributed by atoms with Crippen LogP contribution in [0.3, 0.4) is 0 Å². The SMILES string of the molecule is O=C(NCc1nc2ccccc2s1)C1(c2ccc(Br)cc2)CCCC1. The average Bonchev–Trinajstić information content (AvgIpc) is 3.27. The van der Waals surface area contributed by atoms with Crippen LogP contribution in [0.1, 0.15) is 36.3 Å². The maximum absolute atomic E-state index is 13.1. The Morgan fingerprint density at radius 3 is 2.56 bits per heavy atom. The van der Waals surface area contributed by atoms with Crippen molar-refractivity contribution in [3.05, 3.63) is 63.6 Å². The van der Waals surface area contributed by atoms with Crippen LogP contribution in [0, 0.1) is 0 Å². The first-order valence-electron chi connectivity index (χ1n) is 8.56. The van der Waals surface area contributed by atoms with Crippen molar-refractivity contribution in [1.29, 1.82) is 0 Å². The smallest absolute Gasteiger partial charge is 0.231 e. The Hall–Kier alpha value is -1.72. The van der Waals surface area contributed by atoms with E-state index >= 15 is 0 Å². The summed E-state index contributed by atoms with van der Waals surface area (Å²) in [6.07, 6.45) is 4.04. The van der Waals surface area contributed by atoms with Crippen LogP contribution in [0.5, 0.6) is 0 Å². The molecule has 2 aromatic carbocycles. The fourth-order valence-electron chi connectivity index (χ4n) is 3.71. The third-order valence-electron chi connectivity index (χ3n) is 5.03. The number of rotatable bonds is 4. The van der Waals surface area contributed by atoms with Crippen molar-refractivity contribution < 1.29 is 4.79 Å². The van der Waals surface area contributed by atoms with Gasteiger partial charge in [0.25, 0.3) is 0 Å². The second kappa shape index (κ2) is 6.89. The Morgan fingerprint density at radius 1 is 1.12 bits per heavy atom. The number of benzene rings is 2. The fourth-order valence-corrected chi connectivity index (χ4v) is 4.89. The number of para-hydroxylation sites is 1. The molecule has 0 atom stereocenters. The lowest BCUT2D eigenvalue weighted by atomic mass is 9.78. The molecular formula is C20H19BrN2OS. The summed E-state index contributed by atoms with van der Waals surface area (Å²) in [5.41, 5.74) is 1.73. The third-order valence-corrected chi connectivity index (χ3v) is 6.59. The molecule has 1 heterocycles. The van der Waals surface area contributed by atoms with Crippen molar-refractivity contribution >= 4 is 43.4 Å². The summed E-state index contributed by atoms with van der Waals surface area (Å²) >= 11 is 5.13. The van der Waals surface area contributed by atoms with Crippen molar-refractivity contribution in [3.8, 4) is 0 Å². The van der Waals surface area contributed by atoms with Gasteiger partial charge in [-0.3, -0.25) is 4.79 Å². The first-order chi connectivity index (χ1) is 12.2. The number of halogens is 1. The van der Waals surface area contributed by atoms with E-state index in [9.17, 15) is 4.79 Å². The number of thiazole rings is 1. The second-order valence-corrected chi connectivity index (χ2v) is 8.58. The van der Waals surface area contributed by atoms with E-state index in [1.807, 2.05) is 30.3 Å². The molecule has 0 aliphatic heterocycles. The standard InChI is InChI=1S/C20H19BrN2OS/c21-15-9-7-14(8-10-15)20(11-3-4-12-20)19(24)22-13-18-23-16-5-1-2-6-17(16)25-18/h1-2,5-10H,3-4,11-13H2,(H,22,24). The van der Waals surface area contributed by atoms with Crippen LogP contribution in [0.4, 0.5) is 0 Å². The minimum absolute atomic E-state index is 0.131. The Balaban J connectivity index is 1.54. The lowest BCUT2D eigenvalue weighted by Gasteiger charge is -2.28. The van der Waals surface area contributed by atoms with E-state index < -0.39 is 5.41 Å². The van der Waals surface area contributed by atoms with Gasteiger partial charge in [0, 0.05) is 4.47 Å². The number of hydrogen-bond donors (Lipinski definition) is 1. The van der Waals surface area contributed by atoms with E-state index in [4.69, 9.17) is 0 Å². The molecule has 1 saturated carbocycles. The Labute approximate surface area is 159 Å². The van der Waals surface area contributed by atoms with Crippen molar-refractivity contribution in [2.24, 2.45) is 0 Å². The van der Waals surface area contributed by atoms with E-state index in [2.05, 4.69) is 44.4 Å². The zero-order valence-electron chi connectivity index (χ0n) is 13.8. The maximum Gasteiger partial charge on any atom is 0.231 e. The van der Waals surface area contributed by atoms with Crippen LogP contribution in [0.15, 0.2) is 53.0 Å². The minimum Gasteiger partial charge on any atom is -0.349 e. The van der Waals surface area contributed by atoms with Crippen LogP contribution >= 0.6 is 27.3 Å². The highest BCUT2D eigenvalue weighted by Crippen LogP contribution is 2.41. The summed E-state index contributed by atoms with van der Waals surface area (Å²) in [5, 5.41) is 4.11. The Kier molecular flexibility index (Phi) is 4.61. The van der Waals surface area contributed by atoms with E-state index in [-0.39, 0.29) is 5.91 Å². The molecule has 0 saturated heterocycles. The molecule has 0 spiro atoms. The number of amides is 1. The lowest BCUT2D eigenvalue weighted by molar-refractivity contribution is -0.126. The molecule has 25 heavy (non-hydrogen) atoms. The van der Waals surface area contributed by atoms with Gasteiger partial charge in [-0.25, -0.2) is 4.98 Å². The zero-order chi connectivity index (χ0) is 17.3. The number of carbonyl (C=O) groups excluding carboxylic acids is 1. The van der Waals surface area contributed by atoms with Crippen molar-refractivity contribution in [1.82, 2.24) is 10.3 Å². The van der Waals surface area contributed by atoms with Gasteiger partial charge in [-0.2, -0.15) is 0 Å². The number of aromatic nitrogens is 1. The molecule has 1 fully saturated rings. The maximum atomic E-state index is 13.1. The molecule has 1 amide bonds. The third kappa shape index (κ3) is 3.23. The average molecular weight is 415 g/mol. The first-order valence-corrected chi connectivity index (χ1v) is 10.2. The van der Waals surface area contributed by atoms with E-state index in [1.165, 1.54) is 0 Å². The molecule has 0 bridgehead atoms. The van der Waals surface area contributed by atoms with Crippen LogP contribution in [0.2, 0.25) is 0 Å². The van der Waals surface area contributed by atoms with Gasteiger partial charge in [-0.15, -0.1) is 11.3 Å². The quantitative estimate of drug-likeness (QED) is 0.638. The molecule has 1 aliphatic rings. The zero-order valence-corrected chi connectivity index (χ0v) is 16.2. The van der Waals surface area contributed by atoms with Gasteiger partial charge in [0.05, 0.1) is 22.2 Å². The molecule has 1 aromatic heterocycles. The van der Waals surface area contributed by atoms with Crippen molar-refractivity contribution in [3.63, 3.8) is 0 Å². The highest BCUT2D eigenvalue weighted by atomic mass is 79.9. The normalized spacial score (nSPS) is 16.2. The van der Waals surface area contributed by atoms with Crippen molar-refractivity contribution in [2.45, 2.75) is 37.6 Å². The predicted molar refractivity (Wildman–Crippen MR) is 106 cm³/mol. The van der Waals surface area contributed by atoms with Crippen LogP contribution in [-0.2, 0) is 16.8 Å². The highest BCUT2D eigenvalue weighted by molar-refractivity contribution is 9.10. The summed E-state index contributed by atoms with van der Waals surface area (Å²) in [7, 11) is 0. The molecule has 0 unspecified atom stereocenters. The van der Waals surface area contributed by atoms with E-state index in [0.29, 0.717) is 6.54 Å². The fraction of sp³-hybridized carbons (Fsp3) is 0.300. The molecule has 4 rings (SSSR count). The van der Waals surface area contributed by atoms with Crippen LogP contribution < -0.4 is 5.32 Å². The van der Waals surface area contributed by atoms with Gasteiger partial charge in [0.1, 0.15) is 5.01 Å². The molecule has 128 valence electrons. The first kappa shape index (κ1) is 16.7. The monoisotopic (exact) mass is 414 g/mol. The molecule has 1 aliphatic carbocycles. The second-order valence-electron chi connectivity index (χ2n) is 6.55. The van der Waals surface area contributed by atoms with Gasteiger partial charge in [0.15, 0.2) is 0 Å². The van der Waals surface area contributed by atoms with Gasteiger partial charge in [-0.05, 0) is 42.7 Å². The van der Waals surface area contributed by atoms with Gasteiger partial charge in [0.2, 0.25) is 5.91 Å². The molecule has 3 aromatic rings. The minimum atomic E-state index is -0.391. The number of fused-ring (bicyclic) bond motifs is 1. The molecular weight excluding hydrogens is 396 g/mol. The largest absolute Gasteiger partial charge is 0.349 e. The number of hydrogen-bond acceptors (Lipinski definition) is 3. The summed E-state index contributed by atoms with van der Waals surface area (Å²) in [5.74, 6) is 0.131. The lowest BCUT2D eigenvalue weighted by Crippen LogP contribution is -2.42. The van der Waals surface area contributed by atoms with Crippen molar-refractivity contribution in [2.75, 3.05) is 0 Å². The number of nitrogens with one attached hydrogen (secondary N) is 1. The summed E-state index contributed by atoms with van der Waals surface area (Å²) in [6, 6.07) is 16.3. The number of nitrogens with zero attached hydrogens (tertiary/aromatic N) is 1. The molecule has 5 heteroatoms. The summed E-state index contributed by atoms with van der Waals surface area (Å²) in [6.45, 7) is 0.496. The van der Waals surface area contributed by atoms with Gasteiger partial charge < -0.3 is 5.32 Å². The molecule has 1 N–H and O–H groups in total. The Morgan fingerprint density at radius 2 is 1.84 bits per heavy atom. The van der Waals surface area contributed by atoms with E-state index in [0.717, 1.165) is 50.9 Å². The summed E-state index contributed by atoms with van der Waals surface area (Å²) in [4.78, 5) is 17.7. The molecule has 0 radical (unpaired) electrons. The highest BCUT2D eigenvalue weighted by Gasteiger charge is 2.42. The van der Waals surface area contributed by atoms with Crippen LogP contribution in [0.25, 0.3) is 10.2 Å². The van der Waals surface area contributed by atoms with Crippen LogP contribution in [-0.4, -0.2) is 10.9 Å². The number of carbonyl (C=O) groups is 1.